The predicted molar refractivity (Wildman–Crippen MR) is 145 cm³/mol. The van der Waals surface area contributed by atoms with Gasteiger partial charge in [-0.2, -0.15) is 0 Å². The Morgan fingerprint density at radius 1 is 1.00 bits per heavy atom. The molecule has 1 saturated carbocycles. The Kier molecular flexibility index (Phi) is 6.63. The Labute approximate surface area is 229 Å². The van der Waals surface area contributed by atoms with E-state index in [0.29, 0.717) is 27.5 Å². The zero-order chi connectivity index (χ0) is 27.4. The number of aliphatic hydroxyl groups is 1. The third-order valence-corrected chi connectivity index (χ3v) is 10.4. The van der Waals surface area contributed by atoms with Gasteiger partial charge < -0.3 is 14.9 Å². The van der Waals surface area contributed by atoms with Crippen LogP contribution < -0.4 is 14.9 Å². The van der Waals surface area contributed by atoms with Crippen LogP contribution in [0.3, 0.4) is 0 Å². The predicted octanol–water partition coefficient (Wildman–Crippen LogP) is 3.33. The van der Waals surface area contributed by atoms with E-state index in [1.807, 2.05) is 10.3 Å². The Bertz CT molecular complexity index is 1450. The highest BCUT2D eigenvalue weighted by molar-refractivity contribution is 7.89. The van der Waals surface area contributed by atoms with Crippen LogP contribution in [0.4, 0.5) is 19.6 Å². The van der Waals surface area contributed by atoms with E-state index in [9.17, 15) is 22.3 Å². The van der Waals surface area contributed by atoms with E-state index in [1.165, 1.54) is 24.2 Å². The second-order valence-corrected chi connectivity index (χ2v) is 13.5. The summed E-state index contributed by atoms with van der Waals surface area (Å²) < 4.78 is 53.0. The van der Waals surface area contributed by atoms with Gasteiger partial charge in [0.2, 0.25) is 10.0 Å². The summed E-state index contributed by atoms with van der Waals surface area (Å²) in [5.74, 6) is -2.62. The lowest BCUT2D eigenvalue weighted by Gasteiger charge is -2.35. The minimum absolute atomic E-state index is 0.183. The van der Waals surface area contributed by atoms with Crippen LogP contribution in [0.2, 0.25) is 0 Å². The molecular weight excluding hydrogens is 548 g/mol. The monoisotopic (exact) mass is 579 g/mol. The van der Waals surface area contributed by atoms with E-state index in [1.54, 1.807) is 29.1 Å². The number of nitrogens with zero attached hydrogens (tertiary/aromatic N) is 6. The van der Waals surface area contributed by atoms with Gasteiger partial charge in [0, 0.05) is 44.4 Å². The van der Waals surface area contributed by atoms with Crippen LogP contribution in [-0.4, -0.2) is 72.2 Å². The lowest BCUT2D eigenvalue weighted by molar-refractivity contribution is -0.0220. The molecule has 1 atom stereocenters. The number of thiazole rings is 1. The molecule has 3 N–H and O–H groups in total. The number of rotatable bonds is 7. The normalized spacial score (nSPS) is 21.3. The molecule has 39 heavy (non-hydrogen) atoms. The van der Waals surface area contributed by atoms with Crippen molar-refractivity contribution in [3.05, 3.63) is 35.3 Å². The second kappa shape index (κ2) is 9.75. The zero-order valence-corrected chi connectivity index (χ0v) is 23.0. The summed E-state index contributed by atoms with van der Waals surface area (Å²) in [5.41, 5.74) is 3.55. The van der Waals surface area contributed by atoms with Crippen molar-refractivity contribution in [3.63, 3.8) is 0 Å². The summed E-state index contributed by atoms with van der Waals surface area (Å²) in [7, 11) is -4.00. The fraction of sp³-hybridized carbons (Fsp3) is 0.560. The third kappa shape index (κ3) is 5.39. The van der Waals surface area contributed by atoms with E-state index in [0.717, 1.165) is 37.3 Å². The van der Waals surface area contributed by atoms with E-state index < -0.39 is 27.8 Å². The van der Waals surface area contributed by atoms with Crippen LogP contribution in [0.5, 0.6) is 0 Å². The van der Waals surface area contributed by atoms with Gasteiger partial charge in [-0.3, -0.25) is 0 Å². The molecule has 0 amide bonds. The molecule has 2 saturated heterocycles. The second-order valence-electron chi connectivity index (χ2n) is 10.9. The quantitative estimate of drug-likeness (QED) is 0.436. The molecule has 14 heteroatoms. The van der Waals surface area contributed by atoms with Crippen molar-refractivity contribution < 1.29 is 22.3 Å². The summed E-state index contributed by atoms with van der Waals surface area (Å²) in [6.45, 7) is 1.57. The van der Waals surface area contributed by atoms with Gasteiger partial charge in [-0.25, -0.2) is 32.0 Å². The molecule has 6 rings (SSSR count). The molecule has 1 aliphatic carbocycles. The first-order chi connectivity index (χ1) is 18.6. The largest absolute Gasteiger partial charge is 0.395 e. The van der Waals surface area contributed by atoms with Gasteiger partial charge in [0.1, 0.15) is 16.6 Å². The van der Waals surface area contributed by atoms with Gasteiger partial charge in [-0.15, -0.1) is 16.4 Å². The summed E-state index contributed by atoms with van der Waals surface area (Å²) in [6, 6.07) is 5.20. The number of sulfonamides is 1. The lowest BCUT2D eigenvalue weighted by atomic mass is 9.93. The van der Waals surface area contributed by atoms with Gasteiger partial charge in [-0.1, -0.05) is 11.3 Å². The van der Waals surface area contributed by atoms with E-state index in [4.69, 9.17) is 5.14 Å². The average Bonchev–Trinajstić information content (AvgIpc) is 3.28. The third-order valence-electron chi connectivity index (χ3n) is 8.32. The Morgan fingerprint density at radius 3 is 2.33 bits per heavy atom. The number of aromatic nitrogens is 4. The Hall–Kier alpha value is -2.68. The van der Waals surface area contributed by atoms with Crippen LogP contribution in [0.1, 0.15) is 49.3 Å². The highest BCUT2D eigenvalue weighted by Gasteiger charge is 2.44. The number of alkyl halides is 2. The number of primary sulfonamides is 1. The van der Waals surface area contributed by atoms with Crippen molar-refractivity contribution in [3.8, 4) is 17.1 Å². The summed E-state index contributed by atoms with van der Waals surface area (Å²) in [6.07, 6.45) is 6.05. The molecule has 3 fully saturated rings. The first-order valence-corrected chi connectivity index (χ1v) is 15.6. The van der Waals surface area contributed by atoms with Crippen molar-refractivity contribution in [2.75, 3.05) is 42.6 Å². The Balaban J connectivity index is 1.29. The van der Waals surface area contributed by atoms with Crippen LogP contribution in [0.15, 0.2) is 29.8 Å². The summed E-state index contributed by atoms with van der Waals surface area (Å²) in [5, 5.41) is 25.2. The number of anilines is 2. The van der Waals surface area contributed by atoms with Crippen LogP contribution >= 0.6 is 11.3 Å². The molecule has 4 heterocycles. The van der Waals surface area contributed by atoms with E-state index in [2.05, 4.69) is 20.2 Å². The number of aliphatic hydroxyl groups excluding tert-OH is 1. The van der Waals surface area contributed by atoms with Crippen LogP contribution in [0.25, 0.3) is 17.1 Å². The fourth-order valence-electron chi connectivity index (χ4n) is 5.54. The Morgan fingerprint density at radius 2 is 1.69 bits per heavy atom. The first kappa shape index (κ1) is 26.5. The minimum atomic E-state index is -4.00. The topological polar surface area (TPSA) is 130 Å². The molecule has 3 aliphatic rings. The first-order valence-electron chi connectivity index (χ1n) is 13.1. The standard InChI is InChI=1S/C25H31F2N7O3S2/c26-25(27)7-11-33(12-8-25)23-29-19(16-38-23)18-14-34(31-30-18)20-2-1-17(22(15-35)39(28,36)37)13-21(20)32-9-5-24(3-4-24)6-10-32/h1-2,13-14,16,22,35H,3-12,15H2,(H2,28,36,37). The highest BCUT2D eigenvalue weighted by Crippen LogP contribution is 2.54. The number of hydrogen-bond donors (Lipinski definition) is 2. The maximum Gasteiger partial charge on any atom is 0.251 e. The molecule has 1 spiro atoms. The maximum atomic E-state index is 13.6. The van der Waals surface area contributed by atoms with Gasteiger partial charge in [-0.05, 0) is 48.8 Å². The van der Waals surface area contributed by atoms with Crippen molar-refractivity contribution >= 4 is 32.2 Å². The van der Waals surface area contributed by atoms with Crippen molar-refractivity contribution in [1.82, 2.24) is 20.0 Å². The number of benzene rings is 1. The van der Waals surface area contributed by atoms with Crippen LogP contribution in [-0.2, 0) is 10.0 Å². The van der Waals surface area contributed by atoms with Crippen molar-refractivity contribution in [2.45, 2.75) is 49.7 Å². The maximum absolute atomic E-state index is 13.6. The summed E-state index contributed by atoms with van der Waals surface area (Å²) >= 11 is 1.39. The van der Waals surface area contributed by atoms with Gasteiger partial charge in [0.05, 0.1) is 24.2 Å². The molecule has 2 aliphatic heterocycles. The fourth-order valence-corrected chi connectivity index (χ4v) is 7.14. The highest BCUT2D eigenvalue weighted by atomic mass is 32.2. The molecule has 210 valence electrons. The number of piperidine rings is 2. The van der Waals surface area contributed by atoms with Crippen molar-refractivity contribution in [1.29, 1.82) is 0 Å². The molecule has 10 nitrogen and oxygen atoms in total. The minimum Gasteiger partial charge on any atom is -0.395 e. The van der Waals surface area contributed by atoms with E-state index >= 15 is 0 Å². The molecular formula is C25H31F2N7O3S2. The van der Waals surface area contributed by atoms with Gasteiger partial charge in [0.25, 0.3) is 5.92 Å². The van der Waals surface area contributed by atoms with E-state index in [-0.39, 0.29) is 25.9 Å². The molecule has 0 bridgehead atoms. The molecule has 0 radical (unpaired) electrons. The average molecular weight is 580 g/mol. The molecule has 1 unspecified atom stereocenters. The summed E-state index contributed by atoms with van der Waals surface area (Å²) in [4.78, 5) is 8.74. The van der Waals surface area contributed by atoms with Gasteiger partial charge in [0.15, 0.2) is 5.13 Å². The number of hydrogen-bond acceptors (Lipinski definition) is 9. The number of nitrogens with two attached hydrogens (primary N) is 1. The zero-order valence-electron chi connectivity index (χ0n) is 21.3. The number of halogens is 2. The smallest absolute Gasteiger partial charge is 0.251 e. The molecule has 1 aromatic carbocycles. The van der Waals surface area contributed by atoms with Crippen LogP contribution in [0, 0.1) is 5.41 Å². The SMILES string of the molecule is NS(=O)(=O)C(CO)c1ccc(-n2cc(-c3csc(N4CCC(F)(F)CC4)n3)nn2)c(N2CCC3(CC2)CC3)c1. The lowest BCUT2D eigenvalue weighted by Crippen LogP contribution is -2.39. The van der Waals surface area contributed by atoms with Gasteiger partial charge >= 0.3 is 0 Å². The molecule has 3 aromatic rings. The molecule has 2 aromatic heterocycles. The van der Waals surface area contributed by atoms with Crippen molar-refractivity contribution in [2.24, 2.45) is 10.6 Å².